The highest BCUT2D eigenvalue weighted by atomic mass is 16.3. The predicted octanol–water partition coefficient (Wildman–Crippen LogP) is 2.19. The molecule has 0 aromatic carbocycles. The van der Waals surface area contributed by atoms with E-state index in [-0.39, 0.29) is 24.0 Å². The molecule has 1 N–H and O–H groups in total. The lowest BCUT2D eigenvalue weighted by Gasteiger charge is -2.40. The van der Waals surface area contributed by atoms with E-state index in [4.69, 9.17) is 0 Å². The normalized spacial score (nSPS) is 32.8. The van der Waals surface area contributed by atoms with Crippen LogP contribution in [0.3, 0.4) is 0 Å². The Morgan fingerprint density at radius 3 is 2.71 bits per heavy atom. The SMILES string of the molecule is CC1(C)CCCCC1C(=O)N1CCC[C@H]1CO. The number of amides is 1. The van der Waals surface area contributed by atoms with Gasteiger partial charge in [0.2, 0.25) is 5.91 Å². The van der Waals surface area contributed by atoms with Crippen LogP contribution in [-0.4, -0.2) is 35.1 Å². The molecule has 1 saturated heterocycles. The topological polar surface area (TPSA) is 40.5 Å². The lowest BCUT2D eigenvalue weighted by atomic mass is 9.68. The third-order valence-electron chi connectivity index (χ3n) is 4.68. The third kappa shape index (κ3) is 2.49. The van der Waals surface area contributed by atoms with Gasteiger partial charge in [0.1, 0.15) is 0 Å². The predicted molar refractivity (Wildman–Crippen MR) is 67.6 cm³/mol. The fraction of sp³-hybridized carbons (Fsp3) is 0.929. The van der Waals surface area contributed by atoms with Gasteiger partial charge in [-0.05, 0) is 31.1 Å². The van der Waals surface area contributed by atoms with Crippen molar-refractivity contribution in [1.29, 1.82) is 0 Å². The molecule has 17 heavy (non-hydrogen) atoms. The van der Waals surface area contributed by atoms with Gasteiger partial charge in [0.15, 0.2) is 0 Å². The van der Waals surface area contributed by atoms with Gasteiger partial charge >= 0.3 is 0 Å². The molecular weight excluding hydrogens is 214 g/mol. The molecule has 1 aliphatic carbocycles. The Balaban J connectivity index is 2.08. The van der Waals surface area contributed by atoms with Crippen molar-refractivity contribution in [2.75, 3.05) is 13.2 Å². The van der Waals surface area contributed by atoms with E-state index >= 15 is 0 Å². The van der Waals surface area contributed by atoms with Gasteiger partial charge in [0.25, 0.3) is 0 Å². The Hall–Kier alpha value is -0.570. The maximum absolute atomic E-state index is 12.6. The highest BCUT2D eigenvalue weighted by Gasteiger charge is 2.41. The summed E-state index contributed by atoms with van der Waals surface area (Å²) in [6.07, 6.45) is 6.62. The van der Waals surface area contributed by atoms with Crippen LogP contribution in [0.2, 0.25) is 0 Å². The summed E-state index contributed by atoms with van der Waals surface area (Å²) < 4.78 is 0. The number of hydrogen-bond donors (Lipinski definition) is 1. The molecule has 1 aliphatic heterocycles. The summed E-state index contributed by atoms with van der Waals surface area (Å²) in [7, 11) is 0. The number of aliphatic hydroxyl groups excluding tert-OH is 1. The standard InChI is InChI=1S/C14H25NO2/c1-14(2)8-4-3-7-12(14)13(17)15-9-5-6-11(15)10-16/h11-12,16H,3-10H2,1-2H3/t11-,12?/m0/s1. The van der Waals surface area contributed by atoms with Crippen molar-refractivity contribution >= 4 is 5.91 Å². The van der Waals surface area contributed by atoms with Crippen molar-refractivity contribution < 1.29 is 9.90 Å². The molecule has 3 nitrogen and oxygen atoms in total. The van der Waals surface area contributed by atoms with Crippen LogP contribution in [0.25, 0.3) is 0 Å². The van der Waals surface area contributed by atoms with Crippen molar-refractivity contribution in [3.63, 3.8) is 0 Å². The zero-order valence-electron chi connectivity index (χ0n) is 11.1. The molecule has 2 atom stereocenters. The van der Waals surface area contributed by atoms with Gasteiger partial charge in [-0.2, -0.15) is 0 Å². The van der Waals surface area contributed by atoms with E-state index in [1.165, 1.54) is 12.8 Å². The number of hydrogen-bond acceptors (Lipinski definition) is 2. The molecule has 0 spiro atoms. The number of nitrogens with zero attached hydrogens (tertiary/aromatic N) is 1. The van der Waals surface area contributed by atoms with Crippen LogP contribution in [0.5, 0.6) is 0 Å². The summed E-state index contributed by atoms with van der Waals surface area (Å²) in [5, 5.41) is 9.32. The van der Waals surface area contributed by atoms with Gasteiger partial charge < -0.3 is 10.0 Å². The average molecular weight is 239 g/mol. The Bertz CT molecular complexity index is 288. The van der Waals surface area contributed by atoms with E-state index in [1.807, 2.05) is 4.90 Å². The second-order valence-corrected chi connectivity index (χ2v) is 6.30. The molecular formula is C14H25NO2. The minimum Gasteiger partial charge on any atom is -0.394 e. The monoisotopic (exact) mass is 239 g/mol. The van der Waals surface area contributed by atoms with E-state index in [2.05, 4.69) is 13.8 Å². The largest absolute Gasteiger partial charge is 0.394 e. The fourth-order valence-corrected chi connectivity index (χ4v) is 3.47. The second kappa shape index (κ2) is 4.97. The first-order valence-electron chi connectivity index (χ1n) is 6.97. The van der Waals surface area contributed by atoms with E-state index in [0.29, 0.717) is 5.91 Å². The average Bonchev–Trinajstić information content (AvgIpc) is 2.75. The molecule has 0 bridgehead atoms. The quantitative estimate of drug-likeness (QED) is 0.802. The maximum Gasteiger partial charge on any atom is 0.226 e. The van der Waals surface area contributed by atoms with Crippen LogP contribution in [0.1, 0.15) is 52.4 Å². The molecule has 0 radical (unpaired) electrons. The molecule has 2 rings (SSSR count). The summed E-state index contributed by atoms with van der Waals surface area (Å²) in [6.45, 7) is 5.41. The Labute approximate surface area is 104 Å². The minimum atomic E-state index is 0.0835. The van der Waals surface area contributed by atoms with Crippen molar-refractivity contribution in [2.24, 2.45) is 11.3 Å². The van der Waals surface area contributed by atoms with Crippen molar-refractivity contribution in [2.45, 2.75) is 58.4 Å². The van der Waals surface area contributed by atoms with Gasteiger partial charge in [-0.1, -0.05) is 26.7 Å². The second-order valence-electron chi connectivity index (χ2n) is 6.30. The summed E-state index contributed by atoms with van der Waals surface area (Å²) in [4.78, 5) is 14.5. The van der Waals surface area contributed by atoms with Crippen LogP contribution in [0.15, 0.2) is 0 Å². The van der Waals surface area contributed by atoms with E-state index < -0.39 is 0 Å². The van der Waals surface area contributed by atoms with Crippen molar-refractivity contribution in [3.05, 3.63) is 0 Å². The molecule has 0 aromatic rings. The van der Waals surface area contributed by atoms with Crippen molar-refractivity contribution in [3.8, 4) is 0 Å². The third-order valence-corrected chi connectivity index (χ3v) is 4.68. The highest BCUT2D eigenvalue weighted by molar-refractivity contribution is 5.80. The van der Waals surface area contributed by atoms with Gasteiger partial charge in [-0.15, -0.1) is 0 Å². The van der Waals surface area contributed by atoms with Crippen LogP contribution in [-0.2, 0) is 4.79 Å². The number of carbonyl (C=O) groups excluding carboxylic acids is 1. The molecule has 2 aliphatic rings. The zero-order valence-corrected chi connectivity index (χ0v) is 11.1. The van der Waals surface area contributed by atoms with Gasteiger partial charge in [-0.3, -0.25) is 4.79 Å². The van der Waals surface area contributed by atoms with Crippen molar-refractivity contribution in [1.82, 2.24) is 4.90 Å². The number of likely N-dealkylation sites (tertiary alicyclic amines) is 1. The number of aliphatic hydroxyl groups is 1. The lowest BCUT2D eigenvalue weighted by molar-refractivity contribution is -0.142. The molecule has 98 valence electrons. The summed E-state index contributed by atoms with van der Waals surface area (Å²) in [5.74, 6) is 0.467. The molecule has 1 amide bonds. The molecule has 3 heteroatoms. The highest BCUT2D eigenvalue weighted by Crippen LogP contribution is 2.42. The van der Waals surface area contributed by atoms with Crippen LogP contribution >= 0.6 is 0 Å². The summed E-state index contributed by atoms with van der Waals surface area (Å²) in [6, 6.07) is 0.0835. The molecule has 2 fully saturated rings. The number of rotatable bonds is 2. The van der Waals surface area contributed by atoms with Crippen LogP contribution in [0, 0.1) is 11.3 Å². The summed E-state index contributed by atoms with van der Waals surface area (Å²) >= 11 is 0. The van der Waals surface area contributed by atoms with Gasteiger partial charge in [0.05, 0.1) is 12.6 Å². The Kier molecular flexibility index (Phi) is 3.76. The number of carbonyl (C=O) groups is 1. The fourth-order valence-electron chi connectivity index (χ4n) is 3.47. The Morgan fingerprint density at radius 1 is 1.29 bits per heavy atom. The van der Waals surface area contributed by atoms with Gasteiger partial charge in [0, 0.05) is 12.5 Å². The molecule has 1 heterocycles. The first-order valence-corrected chi connectivity index (χ1v) is 6.97. The van der Waals surface area contributed by atoms with Crippen LogP contribution in [0.4, 0.5) is 0 Å². The summed E-state index contributed by atoms with van der Waals surface area (Å²) in [5.41, 5.74) is 0.137. The van der Waals surface area contributed by atoms with E-state index in [9.17, 15) is 9.90 Å². The Morgan fingerprint density at radius 2 is 2.06 bits per heavy atom. The van der Waals surface area contributed by atoms with E-state index in [1.54, 1.807) is 0 Å². The van der Waals surface area contributed by atoms with Crippen LogP contribution < -0.4 is 0 Å². The first-order chi connectivity index (χ1) is 8.06. The molecule has 1 saturated carbocycles. The maximum atomic E-state index is 12.6. The molecule has 1 unspecified atom stereocenters. The van der Waals surface area contributed by atoms with Gasteiger partial charge in [-0.25, -0.2) is 0 Å². The zero-order chi connectivity index (χ0) is 12.5. The van der Waals surface area contributed by atoms with E-state index in [0.717, 1.165) is 32.2 Å². The lowest BCUT2D eigenvalue weighted by Crippen LogP contribution is -2.46. The first kappa shape index (κ1) is 12.9. The molecule has 0 aromatic heterocycles. The minimum absolute atomic E-state index is 0.0835. The smallest absolute Gasteiger partial charge is 0.226 e.